The molecule has 0 radical (unpaired) electrons. The monoisotopic (exact) mass is 244 g/mol. The van der Waals surface area contributed by atoms with Crippen LogP contribution in [0.3, 0.4) is 0 Å². The van der Waals surface area contributed by atoms with E-state index in [0.717, 1.165) is 25.7 Å². The predicted molar refractivity (Wildman–Crippen MR) is 66.6 cm³/mol. The van der Waals surface area contributed by atoms with E-state index in [1.54, 1.807) is 6.92 Å². The van der Waals surface area contributed by atoms with Gasteiger partial charge in [-0.25, -0.2) is 0 Å². The molecular weight excluding hydrogens is 220 g/mol. The van der Waals surface area contributed by atoms with Gasteiger partial charge < -0.3 is 16.2 Å². The zero-order valence-electron chi connectivity index (χ0n) is 10.6. The van der Waals surface area contributed by atoms with Crippen LogP contribution in [0.1, 0.15) is 45.4 Å². The number of carboxylic acid groups (broad SMARTS) is 1. The lowest BCUT2D eigenvalue weighted by Crippen LogP contribution is -2.32. The van der Waals surface area contributed by atoms with Gasteiger partial charge in [0.2, 0.25) is 5.91 Å². The first-order chi connectivity index (χ1) is 8.11. The molecule has 4 N–H and O–H groups in total. The lowest BCUT2D eigenvalue weighted by molar-refractivity contribution is -0.141. The lowest BCUT2D eigenvalue weighted by atomic mass is 10.1. The second-order valence-corrected chi connectivity index (χ2v) is 4.20. The Labute approximate surface area is 103 Å². The van der Waals surface area contributed by atoms with Crippen molar-refractivity contribution >= 4 is 11.9 Å². The third-order valence-corrected chi connectivity index (χ3v) is 2.75. The fraction of sp³-hybridized carbons (Fsp3) is 0.833. The van der Waals surface area contributed by atoms with Crippen molar-refractivity contribution in [3.63, 3.8) is 0 Å². The number of unbranched alkanes of at least 4 members (excludes halogenated alkanes) is 3. The summed E-state index contributed by atoms with van der Waals surface area (Å²) in [7, 11) is 0. The molecule has 0 rings (SSSR count). The summed E-state index contributed by atoms with van der Waals surface area (Å²) in [5.74, 6) is -1.38. The molecule has 0 aliphatic rings. The molecule has 0 heterocycles. The van der Waals surface area contributed by atoms with Gasteiger partial charge in [-0.1, -0.05) is 19.8 Å². The Morgan fingerprint density at radius 1 is 1.24 bits per heavy atom. The van der Waals surface area contributed by atoms with Crippen molar-refractivity contribution in [3.8, 4) is 0 Å². The maximum Gasteiger partial charge on any atom is 0.308 e. The smallest absolute Gasteiger partial charge is 0.308 e. The number of hydrogen-bond acceptors (Lipinski definition) is 3. The van der Waals surface area contributed by atoms with E-state index in [1.807, 2.05) is 0 Å². The molecule has 1 atom stereocenters. The van der Waals surface area contributed by atoms with E-state index in [-0.39, 0.29) is 12.5 Å². The van der Waals surface area contributed by atoms with Crippen molar-refractivity contribution in [2.24, 2.45) is 11.7 Å². The third kappa shape index (κ3) is 8.68. The van der Waals surface area contributed by atoms with E-state index in [9.17, 15) is 9.59 Å². The summed E-state index contributed by atoms with van der Waals surface area (Å²) in [5, 5.41) is 11.5. The van der Waals surface area contributed by atoms with Gasteiger partial charge in [0.25, 0.3) is 0 Å². The highest BCUT2D eigenvalue weighted by molar-refractivity contribution is 5.77. The van der Waals surface area contributed by atoms with Crippen molar-refractivity contribution in [2.75, 3.05) is 13.1 Å². The minimum absolute atomic E-state index is 0.0579. The van der Waals surface area contributed by atoms with Crippen LogP contribution in [0.2, 0.25) is 0 Å². The van der Waals surface area contributed by atoms with E-state index in [4.69, 9.17) is 10.8 Å². The Kier molecular flexibility index (Phi) is 9.43. The van der Waals surface area contributed by atoms with E-state index in [2.05, 4.69) is 5.32 Å². The molecule has 0 spiro atoms. The number of carbonyl (C=O) groups is 2. The fourth-order valence-corrected chi connectivity index (χ4v) is 1.52. The molecule has 0 aromatic heterocycles. The Balaban J connectivity index is 3.55. The van der Waals surface area contributed by atoms with Gasteiger partial charge in [-0.15, -0.1) is 0 Å². The maximum absolute atomic E-state index is 11.4. The van der Waals surface area contributed by atoms with Crippen LogP contribution < -0.4 is 11.1 Å². The number of nitrogens with two attached hydrogens (primary N) is 1. The molecule has 0 aromatic carbocycles. The second-order valence-electron chi connectivity index (χ2n) is 4.20. The fourth-order valence-electron chi connectivity index (χ4n) is 1.52. The zero-order valence-corrected chi connectivity index (χ0v) is 10.6. The van der Waals surface area contributed by atoms with Crippen LogP contribution in [0.25, 0.3) is 0 Å². The zero-order chi connectivity index (χ0) is 13.1. The number of carbonyl (C=O) groups excluding carboxylic acids is 1. The number of aliphatic carboxylic acids is 1. The molecule has 1 amide bonds. The van der Waals surface area contributed by atoms with Gasteiger partial charge in [-0.2, -0.15) is 0 Å². The molecule has 0 fully saturated rings. The van der Waals surface area contributed by atoms with Gasteiger partial charge >= 0.3 is 5.97 Å². The molecule has 17 heavy (non-hydrogen) atoms. The minimum atomic E-state index is -0.851. The quantitative estimate of drug-likeness (QED) is 0.502. The number of hydrogen-bond donors (Lipinski definition) is 3. The van der Waals surface area contributed by atoms with E-state index in [1.165, 1.54) is 0 Å². The molecule has 5 heteroatoms. The van der Waals surface area contributed by atoms with E-state index in [0.29, 0.717) is 19.4 Å². The Bertz CT molecular complexity index is 232. The first-order valence-corrected chi connectivity index (χ1v) is 6.31. The molecule has 0 saturated carbocycles. The van der Waals surface area contributed by atoms with Gasteiger partial charge in [0.1, 0.15) is 0 Å². The summed E-state index contributed by atoms with van der Waals surface area (Å²) in [6, 6.07) is 0. The molecule has 0 saturated heterocycles. The standard InChI is InChI=1S/C12H24N2O3/c1-2-10(12(16)17)9-14-11(15)7-5-3-4-6-8-13/h10H,2-9,13H2,1H3,(H,14,15)(H,16,17). The molecule has 0 aliphatic heterocycles. The Morgan fingerprint density at radius 2 is 1.88 bits per heavy atom. The van der Waals surface area contributed by atoms with E-state index >= 15 is 0 Å². The Morgan fingerprint density at radius 3 is 2.41 bits per heavy atom. The normalized spacial score (nSPS) is 12.1. The van der Waals surface area contributed by atoms with Crippen LogP contribution in [0.5, 0.6) is 0 Å². The summed E-state index contributed by atoms with van der Waals surface area (Å²) in [5.41, 5.74) is 5.36. The maximum atomic E-state index is 11.4. The summed E-state index contributed by atoms with van der Waals surface area (Å²) in [6.45, 7) is 2.73. The highest BCUT2D eigenvalue weighted by Crippen LogP contribution is 2.03. The van der Waals surface area contributed by atoms with Gasteiger partial charge in [-0.3, -0.25) is 9.59 Å². The first kappa shape index (κ1) is 15.9. The van der Waals surface area contributed by atoms with Crippen molar-refractivity contribution < 1.29 is 14.7 Å². The van der Waals surface area contributed by atoms with Gasteiger partial charge in [0.05, 0.1) is 5.92 Å². The second kappa shape index (κ2) is 10.1. The SMILES string of the molecule is CCC(CNC(=O)CCCCCCN)C(=O)O. The molecule has 1 unspecified atom stereocenters. The van der Waals surface area contributed by atoms with Gasteiger partial charge in [-0.05, 0) is 25.8 Å². The van der Waals surface area contributed by atoms with Gasteiger partial charge in [0, 0.05) is 13.0 Å². The summed E-state index contributed by atoms with van der Waals surface area (Å²) >= 11 is 0. The first-order valence-electron chi connectivity index (χ1n) is 6.31. The van der Waals surface area contributed by atoms with Crippen LogP contribution in [-0.4, -0.2) is 30.1 Å². The van der Waals surface area contributed by atoms with Crippen molar-refractivity contribution in [2.45, 2.75) is 45.4 Å². The molecular formula is C12H24N2O3. The average molecular weight is 244 g/mol. The van der Waals surface area contributed by atoms with Crippen LogP contribution in [0, 0.1) is 5.92 Å². The third-order valence-electron chi connectivity index (χ3n) is 2.75. The number of amides is 1. The number of nitrogens with one attached hydrogen (secondary N) is 1. The number of rotatable bonds is 10. The summed E-state index contributed by atoms with van der Waals surface area (Å²) < 4.78 is 0. The van der Waals surface area contributed by atoms with Crippen molar-refractivity contribution in [3.05, 3.63) is 0 Å². The molecule has 0 bridgehead atoms. The van der Waals surface area contributed by atoms with Crippen LogP contribution in [0.4, 0.5) is 0 Å². The predicted octanol–water partition coefficient (Wildman–Crippen LogP) is 1.12. The number of carboxylic acids is 1. The largest absolute Gasteiger partial charge is 0.481 e. The van der Waals surface area contributed by atoms with E-state index < -0.39 is 11.9 Å². The Hall–Kier alpha value is -1.10. The highest BCUT2D eigenvalue weighted by atomic mass is 16.4. The van der Waals surface area contributed by atoms with Crippen molar-refractivity contribution in [1.82, 2.24) is 5.32 Å². The summed E-state index contributed by atoms with van der Waals surface area (Å²) in [4.78, 5) is 22.1. The summed E-state index contributed by atoms with van der Waals surface area (Å²) in [6.07, 6.45) is 4.90. The lowest BCUT2D eigenvalue weighted by Gasteiger charge is -2.10. The van der Waals surface area contributed by atoms with Crippen LogP contribution in [-0.2, 0) is 9.59 Å². The van der Waals surface area contributed by atoms with Crippen LogP contribution in [0.15, 0.2) is 0 Å². The molecule has 0 aromatic rings. The molecule has 5 nitrogen and oxygen atoms in total. The minimum Gasteiger partial charge on any atom is -0.481 e. The van der Waals surface area contributed by atoms with Crippen molar-refractivity contribution in [1.29, 1.82) is 0 Å². The topological polar surface area (TPSA) is 92.4 Å². The molecule has 100 valence electrons. The molecule has 0 aliphatic carbocycles. The van der Waals surface area contributed by atoms with Gasteiger partial charge in [0.15, 0.2) is 0 Å². The highest BCUT2D eigenvalue weighted by Gasteiger charge is 2.15. The average Bonchev–Trinajstić information content (AvgIpc) is 2.29. The van der Waals surface area contributed by atoms with Crippen LogP contribution >= 0.6 is 0 Å².